The molecule has 186 valence electrons. The van der Waals surface area contributed by atoms with E-state index < -0.39 is 21.5 Å². The first-order valence-electron chi connectivity index (χ1n) is 10.9. The van der Waals surface area contributed by atoms with Gasteiger partial charge in [0, 0.05) is 38.0 Å². The number of hydrogen-bond donors (Lipinski definition) is 1. The Bertz CT molecular complexity index is 1570. The lowest BCUT2D eigenvalue weighted by atomic mass is 10.1. The number of sulfonamides is 1. The number of para-hydroxylation sites is 1. The molecule has 0 saturated heterocycles. The summed E-state index contributed by atoms with van der Waals surface area (Å²) < 4.78 is 40.4. The number of anilines is 2. The third-order valence-corrected chi connectivity index (χ3v) is 7.03. The molecular weight excluding hydrogens is 482 g/mol. The van der Waals surface area contributed by atoms with Gasteiger partial charge in [0.05, 0.1) is 10.4 Å². The van der Waals surface area contributed by atoms with Crippen molar-refractivity contribution in [2.45, 2.75) is 4.90 Å². The molecule has 0 saturated carbocycles. The van der Waals surface area contributed by atoms with E-state index in [1.807, 2.05) is 6.07 Å². The molecule has 0 unspecified atom stereocenters. The van der Waals surface area contributed by atoms with Crippen LogP contribution in [0.25, 0.3) is 10.9 Å². The summed E-state index contributed by atoms with van der Waals surface area (Å²) in [4.78, 5) is 28.3. The third kappa shape index (κ3) is 4.81. The van der Waals surface area contributed by atoms with Crippen molar-refractivity contribution in [3.8, 4) is 5.75 Å². The molecule has 0 aliphatic rings. The molecule has 0 fully saturated rings. The molecule has 0 aliphatic heterocycles. The Morgan fingerprint density at radius 1 is 1.00 bits per heavy atom. The predicted molar refractivity (Wildman–Crippen MR) is 138 cm³/mol. The molecule has 36 heavy (non-hydrogen) atoms. The number of pyridine rings is 1. The van der Waals surface area contributed by atoms with E-state index in [0.717, 1.165) is 0 Å². The summed E-state index contributed by atoms with van der Waals surface area (Å²) in [6.07, 6.45) is 0. The number of carbonyl (C=O) groups is 1. The van der Waals surface area contributed by atoms with Gasteiger partial charge in [-0.15, -0.1) is 0 Å². The Kier molecular flexibility index (Phi) is 7.09. The second-order valence-electron chi connectivity index (χ2n) is 7.97. The fourth-order valence-corrected chi connectivity index (χ4v) is 4.86. The van der Waals surface area contributed by atoms with Gasteiger partial charge in [-0.05, 0) is 42.5 Å². The molecule has 4 aromatic rings. The number of carbonyl (C=O) groups excluding carboxylic acids is 1. The summed E-state index contributed by atoms with van der Waals surface area (Å²) in [5, 5.41) is 0.368. The van der Waals surface area contributed by atoms with Gasteiger partial charge in [-0.2, -0.15) is 0 Å². The monoisotopic (exact) mass is 507 g/mol. The summed E-state index contributed by atoms with van der Waals surface area (Å²) in [5.41, 5.74) is 0.525. The molecule has 4 rings (SSSR count). The number of nitrogens with zero attached hydrogens (tertiary/aromatic N) is 2. The standard InChI is InChI=1S/C26H25N3O6S/c1-28(19-10-6-4-7-11-19)25(30)23-24(35-17-34-3)21-16-18(14-15-22(21)29(2)26(23)31)27-36(32,33)20-12-8-5-9-13-20/h4-16,27H,17H2,1-3H3. The van der Waals surface area contributed by atoms with Gasteiger partial charge in [0.1, 0.15) is 11.3 Å². The fourth-order valence-electron chi connectivity index (χ4n) is 3.79. The van der Waals surface area contributed by atoms with Gasteiger partial charge in [-0.25, -0.2) is 8.42 Å². The molecule has 0 aliphatic carbocycles. The first kappa shape index (κ1) is 25.0. The zero-order valence-corrected chi connectivity index (χ0v) is 20.8. The highest BCUT2D eigenvalue weighted by Crippen LogP contribution is 2.32. The number of benzene rings is 3. The first-order chi connectivity index (χ1) is 17.2. The Balaban J connectivity index is 1.87. The van der Waals surface area contributed by atoms with Crippen molar-refractivity contribution in [1.29, 1.82) is 0 Å². The molecule has 9 nitrogen and oxygen atoms in total. The van der Waals surface area contributed by atoms with Crippen LogP contribution in [-0.2, 0) is 21.8 Å². The summed E-state index contributed by atoms with van der Waals surface area (Å²) in [6.45, 7) is -0.225. The van der Waals surface area contributed by atoms with Gasteiger partial charge in [0.2, 0.25) is 0 Å². The summed E-state index contributed by atoms with van der Waals surface area (Å²) in [5.74, 6) is -0.575. The highest BCUT2D eigenvalue weighted by atomic mass is 32.2. The predicted octanol–water partition coefficient (Wildman–Crippen LogP) is 3.60. The van der Waals surface area contributed by atoms with Crippen LogP contribution in [-0.4, -0.2) is 39.8 Å². The smallest absolute Gasteiger partial charge is 0.267 e. The van der Waals surface area contributed by atoms with Crippen molar-refractivity contribution in [3.05, 3.63) is 94.8 Å². The second kappa shape index (κ2) is 10.2. The molecule has 10 heteroatoms. The third-order valence-electron chi connectivity index (χ3n) is 5.64. The Morgan fingerprint density at radius 3 is 2.28 bits per heavy atom. The average molecular weight is 508 g/mol. The molecule has 1 heterocycles. The number of methoxy groups -OCH3 is 1. The SMILES string of the molecule is COCOc1c(C(=O)N(C)c2ccccc2)c(=O)n(C)c2ccc(NS(=O)(=O)c3ccccc3)cc12. The van der Waals surface area contributed by atoms with Gasteiger partial charge in [-0.3, -0.25) is 14.3 Å². The normalized spacial score (nSPS) is 11.3. The molecule has 1 amide bonds. The van der Waals surface area contributed by atoms with E-state index >= 15 is 0 Å². The van der Waals surface area contributed by atoms with E-state index in [9.17, 15) is 18.0 Å². The highest BCUT2D eigenvalue weighted by Gasteiger charge is 2.27. The van der Waals surface area contributed by atoms with E-state index in [4.69, 9.17) is 9.47 Å². The molecule has 1 aromatic heterocycles. The van der Waals surface area contributed by atoms with Crippen LogP contribution < -0.4 is 19.9 Å². The summed E-state index contributed by atoms with van der Waals surface area (Å²) in [6, 6.07) is 21.5. The number of fused-ring (bicyclic) bond motifs is 1. The van der Waals surface area contributed by atoms with Crippen molar-refractivity contribution in [2.75, 3.05) is 30.6 Å². The van der Waals surface area contributed by atoms with Gasteiger partial charge in [0.25, 0.3) is 21.5 Å². The van der Waals surface area contributed by atoms with Gasteiger partial charge >= 0.3 is 0 Å². The number of aromatic nitrogens is 1. The van der Waals surface area contributed by atoms with Crippen molar-refractivity contribution in [3.63, 3.8) is 0 Å². The van der Waals surface area contributed by atoms with Crippen molar-refractivity contribution < 1.29 is 22.7 Å². The van der Waals surface area contributed by atoms with E-state index in [2.05, 4.69) is 4.72 Å². The highest BCUT2D eigenvalue weighted by molar-refractivity contribution is 7.92. The Hall–Kier alpha value is -4.15. The maximum absolute atomic E-state index is 13.5. The molecule has 0 radical (unpaired) electrons. The van der Waals surface area contributed by atoms with Crippen LogP contribution in [0, 0.1) is 0 Å². The number of hydrogen-bond acceptors (Lipinski definition) is 6. The number of amides is 1. The average Bonchev–Trinajstić information content (AvgIpc) is 2.90. The minimum Gasteiger partial charge on any atom is -0.466 e. The van der Waals surface area contributed by atoms with Crippen molar-refractivity contribution >= 4 is 38.2 Å². The zero-order valence-electron chi connectivity index (χ0n) is 20.0. The maximum atomic E-state index is 13.5. The molecule has 0 atom stereocenters. The minimum atomic E-state index is -3.87. The maximum Gasteiger partial charge on any atom is 0.267 e. The van der Waals surface area contributed by atoms with Gasteiger partial charge < -0.3 is 18.9 Å². The number of nitrogens with one attached hydrogen (secondary N) is 1. The van der Waals surface area contributed by atoms with Crippen LogP contribution >= 0.6 is 0 Å². The van der Waals surface area contributed by atoms with E-state index in [1.54, 1.807) is 61.6 Å². The first-order valence-corrected chi connectivity index (χ1v) is 12.4. The Labute approximate surface area is 208 Å². The lowest BCUT2D eigenvalue weighted by Gasteiger charge is -2.21. The van der Waals surface area contributed by atoms with Gasteiger partial charge in [-0.1, -0.05) is 36.4 Å². The van der Waals surface area contributed by atoms with Crippen LogP contribution in [0.3, 0.4) is 0 Å². The molecule has 0 spiro atoms. The van der Waals surface area contributed by atoms with Crippen molar-refractivity contribution in [2.24, 2.45) is 7.05 Å². The lowest BCUT2D eigenvalue weighted by molar-refractivity contribution is 0.0511. The summed E-state index contributed by atoms with van der Waals surface area (Å²) in [7, 11) is 0.653. The quantitative estimate of drug-likeness (QED) is 0.365. The molecule has 0 bridgehead atoms. The van der Waals surface area contributed by atoms with Crippen molar-refractivity contribution in [1.82, 2.24) is 4.57 Å². The van der Waals surface area contributed by atoms with Crippen LogP contribution in [0.15, 0.2) is 88.6 Å². The largest absolute Gasteiger partial charge is 0.466 e. The van der Waals surface area contributed by atoms with E-state index in [-0.39, 0.29) is 28.7 Å². The van der Waals surface area contributed by atoms with Crippen LogP contribution in [0.1, 0.15) is 10.4 Å². The summed E-state index contributed by atoms with van der Waals surface area (Å²) >= 11 is 0. The van der Waals surface area contributed by atoms with E-state index in [0.29, 0.717) is 16.6 Å². The zero-order chi connectivity index (χ0) is 25.9. The molecule has 1 N–H and O–H groups in total. The minimum absolute atomic E-state index is 0.00323. The van der Waals surface area contributed by atoms with Crippen LogP contribution in [0.5, 0.6) is 5.75 Å². The topological polar surface area (TPSA) is 107 Å². The van der Waals surface area contributed by atoms with E-state index in [1.165, 1.54) is 41.8 Å². The fraction of sp³-hybridized carbons (Fsp3) is 0.154. The number of aryl methyl sites for hydroxylation is 1. The van der Waals surface area contributed by atoms with Crippen LogP contribution in [0.2, 0.25) is 0 Å². The number of ether oxygens (including phenoxy) is 2. The van der Waals surface area contributed by atoms with Gasteiger partial charge in [0.15, 0.2) is 6.79 Å². The second-order valence-corrected chi connectivity index (χ2v) is 9.65. The van der Waals surface area contributed by atoms with Crippen LogP contribution in [0.4, 0.5) is 11.4 Å². The lowest BCUT2D eigenvalue weighted by Crippen LogP contribution is -2.35. The molecule has 3 aromatic carbocycles. The number of rotatable bonds is 8. The Morgan fingerprint density at radius 2 is 1.64 bits per heavy atom. The molecular formula is C26H25N3O6S.